The molecule has 0 radical (unpaired) electrons. The summed E-state index contributed by atoms with van der Waals surface area (Å²) in [7, 11) is 0. The van der Waals surface area contributed by atoms with Gasteiger partial charge < -0.3 is 10.1 Å². The van der Waals surface area contributed by atoms with E-state index in [9.17, 15) is 4.79 Å². The molecule has 3 nitrogen and oxygen atoms in total. The van der Waals surface area contributed by atoms with Crippen molar-refractivity contribution in [1.82, 2.24) is 5.32 Å². The SMILES string of the molecule is Cc1ccc(OCC(=O)NC(C)c2ccc(Cl)cc2)c(Br)c1. The molecule has 116 valence electrons. The molecule has 2 rings (SSSR count). The van der Waals surface area contributed by atoms with Crippen LogP contribution in [0.3, 0.4) is 0 Å². The third-order valence-electron chi connectivity index (χ3n) is 3.19. The lowest BCUT2D eigenvalue weighted by Gasteiger charge is -2.15. The first kappa shape index (κ1) is 16.8. The Kier molecular flexibility index (Phi) is 5.86. The van der Waals surface area contributed by atoms with E-state index in [0.29, 0.717) is 10.8 Å². The molecule has 2 aromatic rings. The summed E-state index contributed by atoms with van der Waals surface area (Å²) in [6, 6.07) is 13.0. The molecule has 0 aliphatic rings. The van der Waals surface area contributed by atoms with Gasteiger partial charge in [-0.15, -0.1) is 0 Å². The second-order valence-electron chi connectivity index (χ2n) is 5.06. The lowest BCUT2D eigenvalue weighted by Crippen LogP contribution is -2.31. The van der Waals surface area contributed by atoms with Gasteiger partial charge in [0, 0.05) is 5.02 Å². The average molecular weight is 383 g/mol. The lowest BCUT2D eigenvalue weighted by atomic mass is 10.1. The molecule has 1 N–H and O–H groups in total. The molecule has 1 atom stereocenters. The van der Waals surface area contributed by atoms with Crippen molar-refractivity contribution in [2.45, 2.75) is 19.9 Å². The van der Waals surface area contributed by atoms with Gasteiger partial charge in [-0.2, -0.15) is 0 Å². The van der Waals surface area contributed by atoms with E-state index < -0.39 is 0 Å². The van der Waals surface area contributed by atoms with Crippen LogP contribution in [0.15, 0.2) is 46.9 Å². The number of amides is 1. The number of carbonyl (C=O) groups is 1. The smallest absolute Gasteiger partial charge is 0.258 e. The number of ether oxygens (including phenoxy) is 1. The van der Waals surface area contributed by atoms with Gasteiger partial charge in [0.05, 0.1) is 10.5 Å². The molecule has 1 unspecified atom stereocenters. The Morgan fingerprint density at radius 2 is 1.95 bits per heavy atom. The summed E-state index contributed by atoms with van der Waals surface area (Å²) in [6.45, 7) is 3.89. The molecule has 2 aromatic carbocycles. The third-order valence-corrected chi connectivity index (χ3v) is 4.07. The zero-order valence-electron chi connectivity index (χ0n) is 12.4. The highest BCUT2D eigenvalue weighted by Crippen LogP contribution is 2.25. The highest BCUT2D eigenvalue weighted by molar-refractivity contribution is 9.10. The number of aryl methyl sites for hydroxylation is 1. The molecule has 0 heterocycles. The minimum absolute atomic E-state index is 0.0282. The predicted octanol–water partition coefficient (Wildman–Crippen LogP) is 4.67. The topological polar surface area (TPSA) is 38.3 Å². The van der Waals surface area contributed by atoms with E-state index in [1.54, 1.807) is 12.1 Å². The van der Waals surface area contributed by atoms with Gasteiger partial charge in [0.25, 0.3) is 5.91 Å². The van der Waals surface area contributed by atoms with Crippen molar-refractivity contribution in [3.63, 3.8) is 0 Å². The zero-order chi connectivity index (χ0) is 16.1. The Balaban J connectivity index is 1.88. The monoisotopic (exact) mass is 381 g/mol. The number of hydrogen-bond donors (Lipinski definition) is 1. The van der Waals surface area contributed by atoms with Crippen LogP contribution in [0.5, 0.6) is 5.75 Å². The van der Waals surface area contributed by atoms with Crippen molar-refractivity contribution in [2.75, 3.05) is 6.61 Å². The Morgan fingerprint density at radius 3 is 2.59 bits per heavy atom. The minimum Gasteiger partial charge on any atom is -0.483 e. The lowest BCUT2D eigenvalue weighted by molar-refractivity contribution is -0.123. The number of hydrogen-bond acceptors (Lipinski definition) is 2. The van der Waals surface area contributed by atoms with Crippen LogP contribution in [0.4, 0.5) is 0 Å². The van der Waals surface area contributed by atoms with Gasteiger partial charge >= 0.3 is 0 Å². The molecule has 0 aliphatic heterocycles. The average Bonchev–Trinajstić information content (AvgIpc) is 2.47. The molecule has 1 amide bonds. The van der Waals surface area contributed by atoms with Gasteiger partial charge in [-0.1, -0.05) is 29.8 Å². The molecule has 0 bridgehead atoms. The van der Waals surface area contributed by atoms with Crippen LogP contribution in [0, 0.1) is 6.92 Å². The largest absolute Gasteiger partial charge is 0.483 e. The Bertz CT molecular complexity index is 658. The zero-order valence-corrected chi connectivity index (χ0v) is 14.7. The summed E-state index contributed by atoms with van der Waals surface area (Å²) in [5.74, 6) is 0.481. The first-order valence-electron chi connectivity index (χ1n) is 6.89. The first-order valence-corrected chi connectivity index (χ1v) is 8.06. The van der Waals surface area contributed by atoms with E-state index in [0.717, 1.165) is 15.6 Å². The van der Waals surface area contributed by atoms with Crippen LogP contribution in [-0.2, 0) is 4.79 Å². The molecular weight excluding hydrogens is 366 g/mol. The molecule has 5 heteroatoms. The van der Waals surface area contributed by atoms with Gasteiger partial charge in [0.1, 0.15) is 5.75 Å². The van der Waals surface area contributed by atoms with Crippen LogP contribution in [0.1, 0.15) is 24.1 Å². The van der Waals surface area contributed by atoms with Crippen LogP contribution in [0.25, 0.3) is 0 Å². The number of rotatable bonds is 5. The Hall–Kier alpha value is -1.52. The summed E-state index contributed by atoms with van der Waals surface area (Å²) in [6.07, 6.45) is 0. The van der Waals surface area contributed by atoms with Gasteiger partial charge in [-0.05, 0) is 65.2 Å². The fourth-order valence-electron chi connectivity index (χ4n) is 1.98. The van der Waals surface area contributed by atoms with Crippen LogP contribution >= 0.6 is 27.5 Å². The molecule has 22 heavy (non-hydrogen) atoms. The van der Waals surface area contributed by atoms with Gasteiger partial charge in [-0.25, -0.2) is 0 Å². The predicted molar refractivity (Wildman–Crippen MR) is 92.4 cm³/mol. The summed E-state index contributed by atoms with van der Waals surface area (Å²) in [5.41, 5.74) is 2.12. The third kappa shape index (κ3) is 4.75. The van der Waals surface area contributed by atoms with E-state index in [1.807, 2.05) is 44.2 Å². The number of halogens is 2. The van der Waals surface area contributed by atoms with E-state index in [4.69, 9.17) is 16.3 Å². The van der Waals surface area contributed by atoms with Crippen molar-refractivity contribution in [3.05, 3.63) is 63.1 Å². The van der Waals surface area contributed by atoms with Crippen molar-refractivity contribution >= 4 is 33.4 Å². The van der Waals surface area contributed by atoms with Crippen molar-refractivity contribution in [2.24, 2.45) is 0 Å². The minimum atomic E-state index is -0.171. The van der Waals surface area contributed by atoms with Crippen LogP contribution < -0.4 is 10.1 Å². The highest BCUT2D eigenvalue weighted by Gasteiger charge is 2.11. The number of benzene rings is 2. The quantitative estimate of drug-likeness (QED) is 0.816. The summed E-state index contributed by atoms with van der Waals surface area (Å²) in [5, 5.41) is 3.57. The first-order chi connectivity index (χ1) is 10.5. The van der Waals surface area contributed by atoms with E-state index in [2.05, 4.69) is 21.2 Å². The van der Waals surface area contributed by atoms with E-state index >= 15 is 0 Å². The molecular formula is C17H17BrClNO2. The fourth-order valence-corrected chi connectivity index (χ4v) is 2.72. The molecule has 0 saturated heterocycles. The number of nitrogens with one attached hydrogen (secondary N) is 1. The summed E-state index contributed by atoms with van der Waals surface area (Å²) >= 11 is 9.28. The molecule has 0 aromatic heterocycles. The normalized spacial score (nSPS) is 11.8. The van der Waals surface area contributed by atoms with Gasteiger partial charge in [0.15, 0.2) is 6.61 Å². The maximum Gasteiger partial charge on any atom is 0.258 e. The van der Waals surface area contributed by atoms with Crippen LogP contribution in [-0.4, -0.2) is 12.5 Å². The molecule has 0 aliphatic carbocycles. The Morgan fingerprint density at radius 1 is 1.27 bits per heavy atom. The molecule has 0 saturated carbocycles. The standard InChI is InChI=1S/C17H17BrClNO2/c1-11-3-8-16(15(18)9-11)22-10-17(21)20-12(2)13-4-6-14(19)7-5-13/h3-9,12H,10H2,1-2H3,(H,20,21). The van der Waals surface area contributed by atoms with Crippen LogP contribution in [0.2, 0.25) is 5.02 Å². The number of carbonyl (C=O) groups excluding carboxylic acids is 1. The van der Waals surface area contributed by atoms with Crippen molar-refractivity contribution in [3.8, 4) is 5.75 Å². The van der Waals surface area contributed by atoms with Crippen molar-refractivity contribution in [1.29, 1.82) is 0 Å². The summed E-state index contributed by atoms with van der Waals surface area (Å²) in [4.78, 5) is 12.0. The highest BCUT2D eigenvalue weighted by atomic mass is 79.9. The Labute approximate surface area is 143 Å². The maximum absolute atomic E-state index is 12.0. The second-order valence-corrected chi connectivity index (χ2v) is 6.35. The molecule has 0 spiro atoms. The maximum atomic E-state index is 12.0. The summed E-state index contributed by atoms with van der Waals surface area (Å²) < 4.78 is 6.37. The molecule has 0 fully saturated rings. The van der Waals surface area contributed by atoms with E-state index in [1.165, 1.54) is 0 Å². The van der Waals surface area contributed by atoms with Crippen molar-refractivity contribution < 1.29 is 9.53 Å². The van der Waals surface area contributed by atoms with E-state index in [-0.39, 0.29) is 18.6 Å². The fraction of sp³-hybridized carbons (Fsp3) is 0.235. The van der Waals surface area contributed by atoms with Gasteiger partial charge in [0.2, 0.25) is 0 Å². The van der Waals surface area contributed by atoms with Gasteiger partial charge in [-0.3, -0.25) is 4.79 Å². The second kappa shape index (κ2) is 7.65.